The smallest absolute Gasteiger partial charge is 0.387 e. The number of alkyl halides is 2. The van der Waals surface area contributed by atoms with E-state index in [9.17, 15) is 13.6 Å². The van der Waals surface area contributed by atoms with E-state index in [-0.39, 0.29) is 17.0 Å². The van der Waals surface area contributed by atoms with Gasteiger partial charge >= 0.3 is 6.61 Å². The normalized spacial score (nSPS) is 10.4. The van der Waals surface area contributed by atoms with E-state index in [1.165, 1.54) is 30.7 Å². The number of nitriles is 1. The van der Waals surface area contributed by atoms with E-state index < -0.39 is 12.4 Å². The third-order valence-electron chi connectivity index (χ3n) is 2.79. The van der Waals surface area contributed by atoms with Gasteiger partial charge in [-0.15, -0.1) is 0 Å². The van der Waals surface area contributed by atoms with Crippen LogP contribution >= 0.6 is 15.9 Å². The fourth-order valence-electron chi connectivity index (χ4n) is 1.83. The van der Waals surface area contributed by atoms with Crippen molar-refractivity contribution in [2.45, 2.75) is 47.7 Å². The van der Waals surface area contributed by atoms with E-state index in [4.69, 9.17) is 5.26 Å². The van der Waals surface area contributed by atoms with E-state index in [0.29, 0.717) is 15.4 Å². The third kappa shape index (κ3) is 6.60. The molecule has 1 N–H and O–H groups in total. The summed E-state index contributed by atoms with van der Waals surface area (Å²) in [5, 5.41) is 9.39. The highest BCUT2D eigenvalue weighted by atomic mass is 79.9. The molecule has 0 radical (unpaired) electrons. The van der Waals surface area contributed by atoms with Crippen LogP contribution in [0.1, 0.15) is 51.5 Å². The van der Waals surface area contributed by atoms with Crippen LogP contribution in [-0.2, 0) is 0 Å². The predicted molar refractivity (Wildman–Crippen MR) is 104 cm³/mol. The summed E-state index contributed by atoms with van der Waals surface area (Å²) in [6.07, 6.45) is 2.66. The van der Waals surface area contributed by atoms with E-state index in [1.54, 1.807) is 13.0 Å². The molecular formula is C19H23BrF2N2O2. The minimum absolute atomic E-state index is 0.00433. The maximum atomic E-state index is 12.3. The number of aromatic nitrogens is 1. The van der Waals surface area contributed by atoms with Crippen LogP contribution in [0, 0.1) is 11.3 Å². The Hall–Kier alpha value is -2.20. The van der Waals surface area contributed by atoms with Crippen molar-refractivity contribution in [1.29, 1.82) is 5.26 Å². The first-order valence-electron chi connectivity index (χ1n) is 8.26. The summed E-state index contributed by atoms with van der Waals surface area (Å²) >= 11 is 3.12. The number of rotatable bonds is 4. The fraction of sp³-hybridized carbons (Fsp3) is 0.368. The first kappa shape index (κ1) is 23.8. The highest BCUT2D eigenvalue weighted by Gasteiger charge is 2.16. The number of nitrogens with one attached hydrogen (secondary N) is 1. The number of hydrogen-bond acceptors (Lipinski definition) is 3. The molecule has 0 amide bonds. The Morgan fingerprint density at radius 1 is 1.35 bits per heavy atom. The van der Waals surface area contributed by atoms with Gasteiger partial charge in [0.1, 0.15) is 11.8 Å². The summed E-state index contributed by atoms with van der Waals surface area (Å²) in [4.78, 5) is 14.9. The number of nitrogens with zero attached hydrogens (tertiary/aromatic N) is 1. The summed E-state index contributed by atoms with van der Waals surface area (Å²) < 4.78 is 29.3. The SMILES string of the molecule is C/C=C(\C#N)C(=O)c1cc2cc(OC(F)F)c(Br)cc2[nH]1.CC.CCC. The van der Waals surface area contributed by atoms with Gasteiger partial charge in [0.15, 0.2) is 0 Å². The zero-order valence-corrected chi connectivity index (χ0v) is 17.1. The van der Waals surface area contributed by atoms with Crippen LogP contribution in [0.25, 0.3) is 10.9 Å². The van der Waals surface area contributed by atoms with E-state index in [1.807, 2.05) is 13.8 Å². The molecule has 7 heteroatoms. The molecule has 26 heavy (non-hydrogen) atoms. The number of Topliss-reactive ketones (excluding diaryl/α,β-unsaturated/α-hetero) is 1. The molecule has 0 atom stereocenters. The zero-order valence-electron chi connectivity index (χ0n) is 15.5. The van der Waals surface area contributed by atoms with Crippen LogP contribution in [0.2, 0.25) is 0 Å². The number of ether oxygens (including phenoxy) is 1. The van der Waals surface area contributed by atoms with Gasteiger partial charge in [0, 0.05) is 10.9 Å². The number of benzene rings is 1. The molecule has 0 bridgehead atoms. The molecule has 0 spiro atoms. The first-order valence-corrected chi connectivity index (χ1v) is 9.05. The predicted octanol–water partition coefficient (Wildman–Crippen LogP) is 6.63. The number of fused-ring (bicyclic) bond motifs is 1. The molecule has 1 aromatic heterocycles. The summed E-state index contributed by atoms with van der Waals surface area (Å²) in [5.41, 5.74) is 0.783. The van der Waals surface area contributed by atoms with Crippen molar-refractivity contribution in [2.24, 2.45) is 0 Å². The average molecular weight is 429 g/mol. The largest absolute Gasteiger partial charge is 0.434 e. The van der Waals surface area contributed by atoms with Crippen molar-refractivity contribution < 1.29 is 18.3 Å². The van der Waals surface area contributed by atoms with Gasteiger partial charge in [-0.1, -0.05) is 40.2 Å². The molecule has 0 aliphatic carbocycles. The number of ketones is 1. The number of aromatic amines is 1. The molecule has 0 aliphatic heterocycles. The molecule has 0 aliphatic rings. The molecule has 4 nitrogen and oxygen atoms in total. The number of carbonyl (C=O) groups excluding carboxylic acids is 1. The standard InChI is InChI=1S/C14H9BrF2N2O2.C3H8.C2H6/c1-2-7(6-18)13(20)11-3-8-4-12(21-14(16)17)9(15)5-10(8)19-11;1-3-2;1-2/h2-5,14,19H,1H3;3H2,1-2H3;1-2H3/b7-2+;;. The quantitative estimate of drug-likeness (QED) is 0.337. The third-order valence-corrected chi connectivity index (χ3v) is 3.41. The topological polar surface area (TPSA) is 65.9 Å². The first-order chi connectivity index (χ1) is 12.4. The summed E-state index contributed by atoms with van der Waals surface area (Å²) in [7, 11) is 0. The summed E-state index contributed by atoms with van der Waals surface area (Å²) in [6, 6.07) is 6.21. The van der Waals surface area contributed by atoms with Gasteiger partial charge in [0.05, 0.1) is 15.7 Å². The second-order valence-corrected chi connectivity index (χ2v) is 5.64. The molecule has 142 valence electrons. The number of allylic oxidation sites excluding steroid dienone is 2. The molecule has 0 unspecified atom stereocenters. The van der Waals surface area contributed by atoms with Crippen LogP contribution in [0.3, 0.4) is 0 Å². The molecule has 0 saturated carbocycles. The van der Waals surface area contributed by atoms with E-state index in [2.05, 4.69) is 39.5 Å². The fourth-order valence-corrected chi connectivity index (χ4v) is 2.27. The monoisotopic (exact) mass is 428 g/mol. The van der Waals surface area contributed by atoms with Crippen molar-refractivity contribution in [3.05, 3.63) is 40.0 Å². The van der Waals surface area contributed by atoms with E-state index in [0.717, 1.165) is 0 Å². The Morgan fingerprint density at radius 3 is 2.38 bits per heavy atom. The van der Waals surface area contributed by atoms with Crippen LogP contribution in [0.5, 0.6) is 5.75 Å². The molecule has 1 heterocycles. The molecule has 0 fully saturated rings. The zero-order chi connectivity index (χ0) is 20.3. The van der Waals surface area contributed by atoms with Crippen molar-refractivity contribution >= 4 is 32.6 Å². The minimum Gasteiger partial charge on any atom is -0.434 e. The summed E-state index contributed by atoms with van der Waals surface area (Å²) in [5.74, 6) is -0.481. The number of halogens is 3. The van der Waals surface area contributed by atoms with Gasteiger partial charge in [-0.3, -0.25) is 4.79 Å². The van der Waals surface area contributed by atoms with Crippen LogP contribution in [0.4, 0.5) is 8.78 Å². The van der Waals surface area contributed by atoms with Gasteiger partial charge in [0.25, 0.3) is 0 Å². The lowest BCUT2D eigenvalue weighted by molar-refractivity contribution is -0.0502. The Labute approximate surface area is 161 Å². The van der Waals surface area contributed by atoms with Crippen LogP contribution in [-0.4, -0.2) is 17.4 Å². The van der Waals surface area contributed by atoms with Gasteiger partial charge < -0.3 is 9.72 Å². The van der Waals surface area contributed by atoms with Gasteiger partial charge in [-0.05, 0) is 41.1 Å². The van der Waals surface area contributed by atoms with Crippen molar-refractivity contribution in [3.63, 3.8) is 0 Å². The van der Waals surface area contributed by atoms with Crippen molar-refractivity contribution in [2.75, 3.05) is 0 Å². The average Bonchev–Trinajstić information content (AvgIpc) is 3.01. The van der Waals surface area contributed by atoms with Crippen molar-refractivity contribution in [3.8, 4) is 11.8 Å². The molecule has 1 aromatic carbocycles. The lowest BCUT2D eigenvalue weighted by atomic mass is 10.1. The Kier molecular flexibility index (Phi) is 11.2. The minimum atomic E-state index is -2.94. The van der Waals surface area contributed by atoms with Gasteiger partial charge in [-0.25, -0.2) is 0 Å². The van der Waals surface area contributed by atoms with Crippen LogP contribution in [0.15, 0.2) is 34.3 Å². The maximum absolute atomic E-state index is 12.3. The molecule has 0 saturated heterocycles. The van der Waals surface area contributed by atoms with Crippen LogP contribution < -0.4 is 4.74 Å². The Morgan fingerprint density at radius 2 is 1.92 bits per heavy atom. The highest BCUT2D eigenvalue weighted by molar-refractivity contribution is 9.10. The summed E-state index contributed by atoms with van der Waals surface area (Å²) in [6.45, 7) is 6.90. The van der Waals surface area contributed by atoms with Gasteiger partial charge in [-0.2, -0.15) is 14.0 Å². The molecule has 2 rings (SSSR count). The van der Waals surface area contributed by atoms with E-state index >= 15 is 0 Å². The number of H-pyrrole nitrogens is 1. The lowest BCUT2D eigenvalue weighted by Crippen LogP contribution is -2.02. The van der Waals surface area contributed by atoms with Crippen molar-refractivity contribution in [1.82, 2.24) is 4.98 Å². The Bertz CT molecular complexity index is 793. The highest BCUT2D eigenvalue weighted by Crippen LogP contribution is 2.32. The van der Waals surface area contributed by atoms with Gasteiger partial charge in [0.2, 0.25) is 5.78 Å². The number of hydrogen-bond donors (Lipinski definition) is 1. The second kappa shape index (κ2) is 12.2. The second-order valence-electron chi connectivity index (χ2n) is 4.78. The number of carbonyl (C=O) groups is 1. The lowest BCUT2D eigenvalue weighted by Gasteiger charge is -2.06. The molecular weight excluding hydrogens is 406 g/mol. The molecule has 2 aromatic rings. The maximum Gasteiger partial charge on any atom is 0.387 e. The Balaban J connectivity index is 0.00000113.